The molecule has 0 radical (unpaired) electrons. The van der Waals surface area contributed by atoms with Crippen LogP contribution in [0.3, 0.4) is 0 Å². The van der Waals surface area contributed by atoms with Crippen molar-refractivity contribution < 1.29 is 23.5 Å². The van der Waals surface area contributed by atoms with Gasteiger partial charge in [0.15, 0.2) is 0 Å². The molecule has 0 saturated heterocycles. The molecule has 0 fully saturated rings. The fourth-order valence-corrected chi connectivity index (χ4v) is 3.35. The number of hydrogen-bond acceptors (Lipinski definition) is 6. The van der Waals surface area contributed by atoms with Crippen LogP contribution in [-0.4, -0.2) is 17.9 Å². The topological polar surface area (TPSA) is 113 Å². The number of aryl methyl sites for hydroxylation is 3. The highest BCUT2D eigenvalue weighted by molar-refractivity contribution is 5.96. The highest BCUT2D eigenvalue weighted by Crippen LogP contribution is 2.31. The van der Waals surface area contributed by atoms with Gasteiger partial charge in [-0.2, -0.15) is 0 Å². The predicted molar refractivity (Wildman–Crippen MR) is 102 cm³/mol. The van der Waals surface area contributed by atoms with E-state index in [9.17, 15) is 19.5 Å². The molecule has 1 amide bonds. The number of fused-ring (bicyclic) bond motifs is 2. The van der Waals surface area contributed by atoms with E-state index < -0.39 is 23.5 Å². The number of furan rings is 1. The molecule has 1 N–H and O–H groups in total. The zero-order chi connectivity index (χ0) is 20.6. The van der Waals surface area contributed by atoms with Gasteiger partial charge >= 0.3 is 5.63 Å². The maximum Gasteiger partial charge on any atom is 0.339 e. The van der Waals surface area contributed by atoms with Gasteiger partial charge in [-0.25, -0.2) is 4.79 Å². The number of rotatable bonds is 6. The van der Waals surface area contributed by atoms with Crippen molar-refractivity contribution >= 4 is 33.8 Å². The molecule has 3 aromatic rings. The maximum atomic E-state index is 12.4. The summed E-state index contributed by atoms with van der Waals surface area (Å²) in [5.74, 6) is -0.973. The van der Waals surface area contributed by atoms with Gasteiger partial charge < -0.3 is 24.1 Å². The van der Waals surface area contributed by atoms with Gasteiger partial charge in [0.1, 0.15) is 16.9 Å². The van der Waals surface area contributed by atoms with Crippen molar-refractivity contribution in [1.82, 2.24) is 5.32 Å². The van der Waals surface area contributed by atoms with E-state index in [0.29, 0.717) is 16.7 Å². The standard InChI is InChI=1S/C21H23NO6/c1-5-16(20(24)25)22-19(23)7-6-13-11(3)15-8-14-10(2)12(4)27-17(14)9-18(15)28-21(13)26/h8-9,16H,5-7H2,1-4H3,(H,22,23)(H,24,25)/p-1/t16-/m1/s1. The van der Waals surface area contributed by atoms with E-state index in [1.165, 1.54) is 0 Å². The number of benzene rings is 1. The van der Waals surface area contributed by atoms with Gasteiger partial charge in [-0.15, -0.1) is 0 Å². The Hall–Kier alpha value is -3.09. The van der Waals surface area contributed by atoms with Crippen LogP contribution in [0.4, 0.5) is 0 Å². The lowest BCUT2D eigenvalue weighted by Gasteiger charge is -2.17. The minimum absolute atomic E-state index is 0.0209. The first kappa shape index (κ1) is 19.7. The average molecular weight is 384 g/mol. The van der Waals surface area contributed by atoms with E-state index in [-0.39, 0.29) is 19.3 Å². The van der Waals surface area contributed by atoms with Crippen molar-refractivity contribution in [1.29, 1.82) is 0 Å². The predicted octanol–water partition coefficient (Wildman–Crippen LogP) is 2.04. The summed E-state index contributed by atoms with van der Waals surface area (Å²) in [5, 5.41) is 15.1. The Kier molecular flexibility index (Phi) is 5.27. The third-order valence-electron chi connectivity index (χ3n) is 5.21. The Balaban J connectivity index is 1.92. The van der Waals surface area contributed by atoms with Crippen LogP contribution in [0.25, 0.3) is 21.9 Å². The largest absolute Gasteiger partial charge is 0.548 e. The molecule has 0 aliphatic heterocycles. The molecule has 0 aliphatic rings. The molecule has 0 aliphatic carbocycles. The van der Waals surface area contributed by atoms with E-state index in [1.807, 2.05) is 26.8 Å². The molecule has 2 heterocycles. The number of amides is 1. The quantitative estimate of drug-likeness (QED) is 0.651. The van der Waals surface area contributed by atoms with Crippen molar-refractivity contribution in [3.63, 3.8) is 0 Å². The molecular formula is C21H22NO6-. The van der Waals surface area contributed by atoms with Gasteiger partial charge in [0.25, 0.3) is 0 Å². The first-order chi connectivity index (χ1) is 13.2. The average Bonchev–Trinajstić information content (AvgIpc) is 2.91. The Morgan fingerprint density at radius 1 is 1.07 bits per heavy atom. The van der Waals surface area contributed by atoms with Crippen LogP contribution in [-0.2, 0) is 16.0 Å². The second kappa shape index (κ2) is 7.50. The second-order valence-electron chi connectivity index (χ2n) is 6.97. The third kappa shape index (κ3) is 3.52. The molecule has 0 bridgehead atoms. The highest BCUT2D eigenvalue weighted by atomic mass is 16.4. The summed E-state index contributed by atoms with van der Waals surface area (Å²) in [6.07, 6.45) is 0.360. The molecule has 7 heteroatoms. The number of carboxylic acid groups (broad SMARTS) is 1. The van der Waals surface area contributed by atoms with Crippen LogP contribution < -0.4 is 16.0 Å². The minimum atomic E-state index is -1.33. The second-order valence-corrected chi connectivity index (χ2v) is 6.97. The molecule has 1 aromatic carbocycles. The Labute approximate surface area is 161 Å². The fraction of sp³-hybridized carbons (Fsp3) is 0.381. The Morgan fingerprint density at radius 3 is 2.36 bits per heavy atom. The van der Waals surface area contributed by atoms with E-state index in [1.54, 1.807) is 13.0 Å². The van der Waals surface area contributed by atoms with Crippen LogP contribution >= 0.6 is 0 Å². The van der Waals surface area contributed by atoms with Crippen LogP contribution in [0.5, 0.6) is 0 Å². The first-order valence-electron chi connectivity index (χ1n) is 9.19. The summed E-state index contributed by atoms with van der Waals surface area (Å²) in [5.41, 5.74) is 2.75. The fourth-order valence-electron chi connectivity index (χ4n) is 3.35. The summed E-state index contributed by atoms with van der Waals surface area (Å²) in [4.78, 5) is 35.4. The summed E-state index contributed by atoms with van der Waals surface area (Å²) in [6.45, 7) is 7.30. The third-order valence-corrected chi connectivity index (χ3v) is 5.21. The first-order valence-corrected chi connectivity index (χ1v) is 9.19. The molecule has 148 valence electrons. The van der Waals surface area contributed by atoms with Gasteiger partial charge in [0, 0.05) is 28.8 Å². The van der Waals surface area contributed by atoms with E-state index in [0.717, 1.165) is 27.7 Å². The van der Waals surface area contributed by atoms with Gasteiger partial charge in [-0.1, -0.05) is 6.92 Å². The summed E-state index contributed by atoms with van der Waals surface area (Å²) in [6, 6.07) is 2.60. The molecule has 28 heavy (non-hydrogen) atoms. The monoisotopic (exact) mass is 384 g/mol. The van der Waals surface area contributed by atoms with Gasteiger partial charge in [-0.05, 0) is 50.8 Å². The van der Waals surface area contributed by atoms with Crippen molar-refractivity contribution in [2.45, 2.75) is 53.0 Å². The molecule has 3 rings (SSSR count). The van der Waals surface area contributed by atoms with Crippen LogP contribution in [0, 0.1) is 20.8 Å². The van der Waals surface area contributed by atoms with E-state index in [4.69, 9.17) is 8.83 Å². The zero-order valence-corrected chi connectivity index (χ0v) is 16.3. The molecule has 0 unspecified atom stereocenters. The number of nitrogens with one attached hydrogen (secondary N) is 1. The van der Waals surface area contributed by atoms with Crippen LogP contribution in [0.15, 0.2) is 25.8 Å². The Morgan fingerprint density at radius 2 is 1.71 bits per heavy atom. The lowest BCUT2D eigenvalue weighted by molar-refractivity contribution is -0.308. The van der Waals surface area contributed by atoms with E-state index in [2.05, 4.69) is 5.32 Å². The number of carboxylic acids is 1. The minimum Gasteiger partial charge on any atom is -0.548 e. The molecule has 0 saturated carbocycles. The molecule has 7 nitrogen and oxygen atoms in total. The lowest BCUT2D eigenvalue weighted by atomic mass is 10.00. The molecular weight excluding hydrogens is 362 g/mol. The van der Waals surface area contributed by atoms with Crippen molar-refractivity contribution in [3.05, 3.63) is 45.0 Å². The summed E-state index contributed by atoms with van der Waals surface area (Å²) < 4.78 is 11.1. The lowest BCUT2D eigenvalue weighted by Crippen LogP contribution is -2.47. The summed E-state index contributed by atoms with van der Waals surface area (Å²) in [7, 11) is 0. The van der Waals surface area contributed by atoms with Gasteiger partial charge in [0.05, 0.1) is 12.0 Å². The Bertz CT molecular complexity index is 1140. The van der Waals surface area contributed by atoms with Crippen LogP contribution in [0.2, 0.25) is 0 Å². The maximum absolute atomic E-state index is 12.4. The molecule has 2 aromatic heterocycles. The SMILES string of the molecule is CC[C@@H](NC(=O)CCc1c(C)c2cc3c(C)c(C)oc3cc2oc1=O)C(=O)[O-]. The highest BCUT2D eigenvalue weighted by Gasteiger charge is 2.17. The normalized spacial score (nSPS) is 12.4. The number of carbonyl (C=O) groups is 2. The number of aliphatic carboxylic acids is 1. The van der Waals surface area contributed by atoms with Gasteiger partial charge in [0.2, 0.25) is 5.91 Å². The van der Waals surface area contributed by atoms with Gasteiger partial charge in [-0.3, -0.25) is 4.79 Å². The summed E-state index contributed by atoms with van der Waals surface area (Å²) >= 11 is 0. The van der Waals surface area contributed by atoms with Crippen molar-refractivity contribution in [3.8, 4) is 0 Å². The number of hydrogen-bond donors (Lipinski definition) is 1. The van der Waals surface area contributed by atoms with E-state index >= 15 is 0 Å². The van der Waals surface area contributed by atoms with Crippen molar-refractivity contribution in [2.75, 3.05) is 0 Å². The van der Waals surface area contributed by atoms with Crippen molar-refractivity contribution in [2.24, 2.45) is 0 Å². The zero-order valence-electron chi connectivity index (χ0n) is 16.3. The van der Waals surface area contributed by atoms with Crippen LogP contribution in [0.1, 0.15) is 42.2 Å². The number of carbonyl (C=O) groups excluding carboxylic acids is 2. The molecule has 1 atom stereocenters. The smallest absolute Gasteiger partial charge is 0.339 e. The molecule has 0 spiro atoms.